The van der Waals surface area contributed by atoms with Crippen LogP contribution < -0.4 is 5.32 Å². The molecular formula is C21H26ClNO. The second kappa shape index (κ2) is 5.24. The number of aryl methyl sites for hydroxylation is 1. The van der Waals surface area contributed by atoms with E-state index in [4.69, 9.17) is 11.6 Å². The second-order valence-corrected chi connectivity index (χ2v) is 9.81. The Morgan fingerprint density at radius 1 is 1.12 bits per heavy atom. The summed E-state index contributed by atoms with van der Waals surface area (Å²) in [5.41, 5.74) is 2.56. The second-order valence-electron chi connectivity index (χ2n) is 9.01. The molecule has 24 heavy (non-hydrogen) atoms. The first kappa shape index (κ1) is 15.3. The van der Waals surface area contributed by atoms with E-state index in [0.717, 1.165) is 44.9 Å². The molecule has 1 amide bonds. The van der Waals surface area contributed by atoms with Crippen molar-refractivity contribution in [2.75, 3.05) is 0 Å². The van der Waals surface area contributed by atoms with Gasteiger partial charge in [-0.2, -0.15) is 0 Å². The van der Waals surface area contributed by atoms with E-state index in [0.29, 0.717) is 17.7 Å². The molecule has 0 radical (unpaired) electrons. The fourth-order valence-electron chi connectivity index (χ4n) is 6.63. The lowest BCUT2D eigenvalue weighted by atomic mass is 9.49. The molecule has 1 aromatic rings. The number of amides is 1. The van der Waals surface area contributed by atoms with Gasteiger partial charge in [0.05, 0.1) is 11.5 Å². The van der Waals surface area contributed by atoms with Gasteiger partial charge in [0, 0.05) is 4.87 Å². The number of hydrogen-bond donors (Lipinski definition) is 1. The van der Waals surface area contributed by atoms with Gasteiger partial charge in [0.15, 0.2) is 0 Å². The van der Waals surface area contributed by atoms with Crippen LogP contribution in [0.15, 0.2) is 24.3 Å². The molecule has 0 saturated heterocycles. The molecule has 128 valence electrons. The van der Waals surface area contributed by atoms with Crippen LogP contribution in [0.25, 0.3) is 0 Å². The van der Waals surface area contributed by atoms with E-state index < -0.39 is 0 Å². The highest BCUT2D eigenvalue weighted by atomic mass is 35.5. The third-order valence-corrected chi connectivity index (χ3v) is 7.59. The van der Waals surface area contributed by atoms with Crippen LogP contribution in [0.3, 0.4) is 0 Å². The minimum Gasteiger partial charge on any atom is -0.349 e. The summed E-state index contributed by atoms with van der Waals surface area (Å²) in [5.74, 6) is 1.64. The Labute approximate surface area is 149 Å². The molecular weight excluding hydrogens is 318 g/mol. The molecule has 2 nitrogen and oxygen atoms in total. The molecule has 0 heterocycles. The van der Waals surface area contributed by atoms with E-state index in [1.54, 1.807) is 0 Å². The summed E-state index contributed by atoms with van der Waals surface area (Å²) < 4.78 is 0. The van der Waals surface area contributed by atoms with Gasteiger partial charge in [-0.15, -0.1) is 11.6 Å². The lowest BCUT2D eigenvalue weighted by molar-refractivity contribution is -0.145. The number of rotatable bonds is 2. The van der Waals surface area contributed by atoms with Gasteiger partial charge < -0.3 is 5.32 Å². The zero-order valence-electron chi connectivity index (χ0n) is 14.2. The van der Waals surface area contributed by atoms with Crippen molar-refractivity contribution in [2.45, 2.75) is 68.7 Å². The molecule has 2 unspecified atom stereocenters. The van der Waals surface area contributed by atoms with Gasteiger partial charge >= 0.3 is 0 Å². The number of benzene rings is 1. The first-order chi connectivity index (χ1) is 11.6. The minimum atomic E-state index is -0.182. The molecule has 1 N–H and O–H groups in total. The Balaban J connectivity index is 1.40. The molecule has 4 saturated carbocycles. The summed E-state index contributed by atoms with van der Waals surface area (Å²) in [6, 6.07) is 8.82. The number of carbonyl (C=O) groups excluding carboxylic acids is 1. The molecule has 1 aromatic carbocycles. The summed E-state index contributed by atoms with van der Waals surface area (Å²) in [4.78, 5) is 13.3. The lowest BCUT2D eigenvalue weighted by Gasteiger charge is -2.59. The average molecular weight is 344 g/mol. The third kappa shape index (κ3) is 2.33. The lowest BCUT2D eigenvalue weighted by Crippen LogP contribution is -2.58. The number of fused-ring (bicyclic) bond motifs is 1. The first-order valence-electron chi connectivity index (χ1n) is 9.63. The molecule has 4 bridgehead atoms. The Morgan fingerprint density at radius 3 is 2.62 bits per heavy atom. The predicted molar refractivity (Wildman–Crippen MR) is 96.0 cm³/mol. The molecule has 6 rings (SSSR count). The first-order valence-corrected chi connectivity index (χ1v) is 10.0. The van der Waals surface area contributed by atoms with Gasteiger partial charge in [0.2, 0.25) is 5.91 Å². The number of carbonyl (C=O) groups is 1. The quantitative estimate of drug-likeness (QED) is 0.771. The van der Waals surface area contributed by atoms with Gasteiger partial charge in [-0.1, -0.05) is 24.3 Å². The molecule has 0 spiro atoms. The SMILES string of the molecule is O=C(N[C@H]1CCCc2ccccc21)C12C[C@@H]3C[C@@H](CC(Cl)(C3)C1)C2. The van der Waals surface area contributed by atoms with Crippen LogP contribution in [-0.2, 0) is 11.2 Å². The third-order valence-electron chi connectivity index (χ3n) is 7.15. The van der Waals surface area contributed by atoms with Crippen LogP contribution in [0.1, 0.15) is 68.5 Å². The molecule has 4 fully saturated rings. The maximum Gasteiger partial charge on any atom is 0.226 e. The van der Waals surface area contributed by atoms with E-state index in [-0.39, 0.29) is 16.3 Å². The Kier molecular flexibility index (Phi) is 3.33. The predicted octanol–water partition coefficient (Wildman–Crippen LogP) is 4.76. The van der Waals surface area contributed by atoms with Crippen molar-refractivity contribution in [3.8, 4) is 0 Å². The standard InChI is InChI=1S/C21H26ClNO/c22-21-11-14-8-15(12-21)10-20(9-14,13-21)19(24)23-18-7-3-5-16-4-1-2-6-17(16)18/h1-2,4,6,14-15,18H,3,5,7-13H2,(H,23,24)/t14-,15+,18-,20?,21?/m0/s1. The van der Waals surface area contributed by atoms with Crippen molar-refractivity contribution in [1.82, 2.24) is 5.32 Å². The maximum atomic E-state index is 13.3. The van der Waals surface area contributed by atoms with Crippen molar-refractivity contribution in [3.63, 3.8) is 0 Å². The fourth-order valence-corrected chi connectivity index (χ4v) is 7.32. The minimum absolute atomic E-state index is 0.0914. The van der Waals surface area contributed by atoms with Crippen molar-refractivity contribution in [3.05, 3.63) is 35.4 Å². The van der Waals surface area contributed by atoms with E-state index in [1.807, 2.05) is 0 Å². The van der Waals surface area contributed by atoms with Crippen LogP contribution in [0, 0.1) is 17.3 Å². The highest BCUT2D eigenvalue weighted by Gasteiger charge is 2.60. The van der Waals surface area contributed by atoms with Crippen LogP contribution in [0.5, 0.6) is 0 Å². The van der Waals surface area contributed by atoms with Gasteiger partial charge in [-0.25, -0.2) is 0 Å². The zero-order valence-corrected chi connectivity index (χ0v) is 14.9. The van der Waals surface area contributed by atoms with Gasteiger partial charge in [0.1, 0.15) is 0 Å². The zero-order chi connectivity index (χ0) is 16.4. The number of hydrogen-bond acceptors (Lipinski definition) is 1. The average Bonchev–Trinajstić information content (AvgIpc) is 2.53. The van der Waals surface area contributed by atoms with Gasteiger partial charge in [0.25, 0.3) is 0 Å². The van der Waals surface area contributed by atoms with Crippen molar-refractivity contribution < 1.29 is 4.79 Å². The molecule has 5 aliphatic rings. The molecule has 5 aliphatic carbocycles. The molecule has 5 atom stereocenters. The van der Waals surface area contributed by atoms with Gasteiger partial charge in [-0.05, 0) is 80.8 Å². The van der Waals surface area contributed by atoms with Crippen molar-refractivity contribution in [1.29, 1.82) is 0 Å². The summed E-state index contributed by atoms with van der Waals surface area (Å²) in [6.07, 6.45) is 9.97. The Bertz CT molecular complexity index is 670. The summed E-state index contributed by atoms with van der Waals surface area (Å²) in [7, 11) is 0. The fraction of sp³-hybridized carbons (Fsp3) is 0.667. The van der Waals surface area contributed by atoms with Crippen LogP contribution in [0.2, 0.25) is 0 Å². The smallest absolute Gasteiger partial charge is 0.226 e. The molecule has 3 heteroatoms. The normalized spacial score (nSPS) is 42.6. The largest absolute Gasteiger partial charge is 0.349 e. The summed E-state index contributed by atoms with van der Waals surface area (Å²) in [6.45, 7) is 0. The number of alkyl halides is 1. The Morgan fingerprint density at radius 2 is 1.88 bits per heavy atom. The van der Waals surface area contributed by atoms with Crippen molar-refractivity contribution in [2.24, 2.45) is 17.3 Å². The topological polar surface area (TPSA) is 29.1 Å². The van der Waals surface area contributed by atoms with E-state index in [2.05, 4.69) is 29.6 Å². The molecule has 0 aliphatic heterocycles. The van der Waals surface area contributed by atoms with E-state index in [1.165, 1.54) is 24.0 Å². The summed E-state index contributed by atoms with van der Waals surface area (Å²) in [5, 5.41) is 3.45. The monoisotopic (exact) mass is 343 g/mol. The summed E-state index contributed by atoms with van der Waals surface area (Å²) >= 11 is 6.91. The molecule has 0 aromatic heterocycles. The Hall–Kier alpha value is -1.02. The van der Waals surface area contributed by atoms with E-state index in [9.17, 15) is 4.79 Å². The number of halogens is 1. The maximum absolute atomic E-state index is 13.3. The van der Waals surface area contributed by atoms with Crippen LogP contribution in [0.4, 0.5) is 0 Å². The van der Waals surface area contributed by atoms with Gasteiger partial charge in [-0.3, -0.25) is 4.79 Å². The highest BCUT2D eigenvalue weighted by Crippen LogP contribution is 2.64. The number of nitrogens with one attached hydrogen (secondary N) is 1. The van der Waals surface area contributed by atoms with Crippen LogP contribution >= 0.6 is 11.6 Å². The highest BCUT2D eigenvalue weighted by molar-refractivity contribution is 6.24. The van der Waals surface area contributed by atoms with Crippen molar-refractivity contribution >= 4 is 17.5 Å². The van der Waals surface area contributed by atoms with Crippen LogP contribution in [-0.4, -0.2) is 10.8 Å². The van der Waals surface area contributed by atoms with E-state index >= 15 is 0 Å².